The van der Waals surface area contributed by atoms with Gasteiger partial charge in [0.1, 0.15) is 0 Å². The molecule has 0 amide bonds. The van der Waals surface area contributed by atoms with Crippen molar-refractivity contribution in [3.8, 4) is 6.19 Å². The van der Waals surface area contributed by atoms with E-state index in [1.54, 1.807) is 0 Å². The minimum Gasteiger partial charge on any atom is -0.422 e. The Kier molecular flexibility index (Phi) is 13.5. The van der Waals surface area contributed by atoms with Crippen LogP contribution in [0.5, 0.6) is 0 Å². The molecular weight excluding hydrogens is 80.1 g/mol. The fourth-order valence-corrected chi connectivity index (χ4v) is 0.0224. The lowest BCUT2D eigenvalue weighted by Crippen LogP contribution is -1.36. The van der Waals surface area contributed by atoms with E-state index >= 15 is 0 Å². The van der Waals surface area contributed by atoms with E-state index in [2.05, 4.69) is 4.99 Å². The molecule has 0 heterocycles. The summed E-state index contributed by atoms with van der Waals surface area (Å²) in [6.45, 7) is 0. The van der Waals surface area contributed by atoms with Crippen molar-refractivity contribution in [1.82, 2.24) is 6.15 Å². The molecule has 0 aliphatic carbocycles. The Morgan fingerprint density at radius 3 is 2.17 bits per heavy atom. The molecule has 0 aromatic rings. The van der Waals surface area contributed by atoms with Gasteiger partial charge in [-0.25, -0.2) is 0 Å². The molecule has 0 saturated carbocycles. The van der Waals surface area contributed by atoms with Crippen molar-refractivity contribution < 1.29 is 0 Å². The van der Waals surface area contributed by atoms with Crippen LogP contribution < -0.4 is 6.15 Å². The second kappa shape index (κ2) is 9.16. The Morgan fingerprint density at radius 1 is 1.67 bits per heavy atom. The highest BCUT2D eigenvalue weighted by Crippen LogP contribution is 1.43. The Morgan fingerprint density at radius 2 is 2.17 bits per heavy atom. The first-order chi connectivity index (χ1) is 2.41. The molecule has 6 heavy (non-hydrogen) atoms. The van der Waals surface area contributed by atoms with Crippen LogP contribution in [0.4, 0.5) is 0 Å². The summed E-state index contributed by atoms with van der Waals surface area (Å²) in [5, 5.41) is 14.9. The van der Waals surface area contributed by atoms with Gasteiger partial charge in [-0.3, -0.25) is 0 Å². The van der Waals surface area contributed by atoms with Crippen LogP contribution in [-0.2, 0) is 0 Å². The zero-order valence-electron chi connectivity index (χ0n) is 3.34. The summed E-state index contributed by atoms with van der Waals surface area (Å²) in [5.41, 5.74) is 0. The summed E-state index contributed by atoms with van der Waals surface area (Å²) >= 11 is 0. The molecule has 0 aromatic carbocycles. The van der Waals surface area contributed by atoms with Crippen molar-refractivity contribution in [2.45, 2.75) is 0 Å². The predicted molar refractivity (Wildman–Crippen MR) is 22.4 cm³/mol. The first kappa shape index (κ1) is 8.85. The molecule has 0 saturated heterocycles. The summed E-state index contributed by atoms with van der Waals surface area (Å²) in [5.74, 6) is 0. The first-order valence-electron chi connectivity index (χ1n) is 0.894. The molecule has 0 unspecified atom stereocenters. The van der Waals surface area contributed by atoms with Crippen LogP contribution in [0.25, 0.3) is 5.41 Å². The van der Waals surface area contributed by atoms with Gasteiger partial charge in [-0.2, -0.15) is 5.26 Å². The van der Waals surface area contributed by atoms with E-state index in [9.17, 15) is 0 Å². The lowest BCUT2D eigenvalue weighted by molar-refractivity contribution is 1.45. The highest BCUT2D eigenvalue weighted by molar-refractivity contribution is 5.46. The van der Waals surface area contributed by atoms with E-state index in [-0.39, 0.29) is 6.15 Å². The Labute approximate surface area is 35.2 Å². The highest BCUT2D eigenvalue weighted by atomic mass is 14.7. The lowest BCUT2D eigenvalue weighted by Gasteiger charge is -1.56. The van der Waals surface area contributed by atoms with Gasteiger partial charge in [0.15, 0.2) is 0 Å². The van der Waals surface area contributed by atoms with Crippen molar-refractivity contribution in [2.24, 2.45) is 4.99 Å². The van der Waals surface area contributed by atoms with E-state index in [0.717, 1.165) is 0 Å². The molecule has 0 fully saturated rings. The van der Waals surface area contributed by atoms with Crippen LogP contribution in [0.1, 0.15) is 0 Å². The Hall–Kier alpha value is -1.17. The molecular formula is C2H4N4. The minimum absolute atomic E-state index is 0. The maximum atomic E-state index is 7.43. The molecule has 0 radical (unpaired) electrons. The van der Waals surface area contributed by atoms with Gasteiger partial charge in [0.05, 0.1) is 6.19 Å². The van der Waals surface area contributed by atoms with Gasteiger partial charge in [0.25, 0.3) is 0 Å². The molecule has 0 spiro atoms. The van der Waals surface area contributed by atoms with E-state index < -0.39 is 0 Å². The first-order valence-corrected chi connectivity index (χ1v) is 0.894. The summed E-state index contributed by atoms with van der Waals surface area (Å²) in [4.78, 5) is 2.58. The van der Waals surface area contributed by atoms with Gasteiger partial charge in [0.2, 0.25) is 0 Å². The molecule has 0 atom stereocenters. The second-order valence-corrected chi connectivity index (χ2v) is 0.312. The smallest absolute Gasteiger partial charge is 0.0925 e. The predicted octanol–water partition coefficient (Wildman–Crippen LogP) is 0.587. The molecule has 0 aliphatic heterocycles. The van der Waals surface area contributed by atoms with Gasteiger partial charge in [-0.1, -0.05) is 0 Å². The average molecular weight is 84.1 g/mol. The third kappa shape index (κ3) is 13.8. The van der Waals surface area contributed by atoms with Gasteiger partial charge >= 0.3 is 0 Å². The van der Waals surface area contributed by atoms with Crippen molar-refractivity contribution in [3.63, 3.8) is 0 Å². The zero-order chi connectivity index (χ0) is 4.12. The monoisotopic (exact) mass is 84.0 g/mol. The fraction of sp³-hybridized carbons (Fsp3) is 0. The van der Waals surface area contributed by atoms with Crippen LogP contribution in [0, 0.1) is 11.5 Å². The number of nitriles is 1. The van der Waals surface area contributed by atoms with E-state index in [1.165, 1.54) is 12.2 Å². The number of hydrogen-bond acceptors (Lipinski definition) is 2. The van der Waals surface area contributed by atoms with Crippen molar-refractivity contribution in [2.75, 3.05) is 0 Å². The number of nitrogens with zero attached hydrogens (tertiary/aromatic N) is 3. The lowest BCUT2D eigenvalue weighted by atomic mass is 11.3. The number of quaternary nitrogens is 1. The normalized spacial score (nSPS) is 3.17. The Balaban J connectivity index is 0. The summed E-state index contributed by atoms with van der Waals surface area (Å²) < 4.78 is 0. The van der Waals surface area contributed by atoms with Crippen LogP contribution in [-0.4, -0.2) is 6.01 Å². The maximum absolute atomic E-state index is 7.43. The van der Waals surface area contributed by atoms with Gasteiger partial charge in [-0.15, -0.1) is 6.01 Å². The largest absolute Gasteiger partial charge is 0.422 e. The molecule has 32 valence electrons. The van der Waals surface area contributed by atoms with Crippen molar-refractivity contribution in [3.05, 3.63) is 5.41 Å². The highest BCUT2D eigenvalue weighted by Gasteiger charge is 1.24. The van der Waals surface area contributed by atoms with Gasteiger partial charge in [0, 0.05) is 0 Å². The third-order valence-corrected chi connectivity index (χ3v) is 0.100. The SMILES string of the molecule is N#CN=C=[N-].[NH4+]. The third-order valence-electron chi connectivity index (χ3n) is 0.100. The quantitative estimate of drug-likeness (QED) is 0.337. The maximum Gasteiger partial charge on any atom is 0.0925 e. The van der Waals surface area contributed by atoms with Crippen LogP contribution in [0.2, 0.25) is 0 Å². The van der Waals surface area contributed by atoms with Crippen molar-refractivity contribution in [1.29, 1.82) is 5.26 Å². The molecule has 4 nitrogen and oxygen atoms in total. The van der Waals surface area contributed by atoms with Crippen molar-refractivity contribution >= 4 is 6.01 Å². The average Bonchev–Trinajstić information content (AvgIpc) is 1.41. The van der Waals surface area contributed by atoms with Crippen LogP contribution >= 0.6 is 0 Å². The van der Waals surface area contributed by atoms with Crippen LogP contribution in [0.3, 0.4) is 0 Å². The summed E-state index contributed by atoms with van der Waals surface area (Å²) in [6, 6.07) is 1.28. The summed E-state index contributed by atoms with van der Waals surface area (Å²) in [6.07, 6.45) is 1.28. The molecule has 0 aromatic heterocycles. The standard InChI is InChI=1S/C2N3.H3N/c3-1-5-2-4;/h;1H3/q-1;/p+1. The van der Waals surface area contributed by atoms with Crippen LogP contribution in [0.15, 0.2) is 4.99 Å². The van der Waals surface area contributed by atoms with Gasteiger partial charge < -0.3 is 16.6 Å². The number of aliphatic imine (C=N–C) groups is 1. The molecule has 0 rings (SSSR count). The van der Waals surface area contributed by atoms with E-state index in [4.69, 9.17) is 10.7 Å². The van der Waals surface area contributed by atoms with E-state index in [1.807, 2.05) is 0 Å². The Bertz CT molecular complexity index is 92.6. The number of rotatable bonds is 0. The van der Waals surface area contributed by atoms with E-state index in [0.29, 0.717) is 0 Å². The molecule has 4 heteroatoms. The number of hydrogen-bond donors (Lipinski definition) is 1. The molecule has 4 N–H and O–H groups in total. The minimum atomic E-state index is 0. The molecule has 0 bridgehead atoms. The topological polar surface area (TPSA) is 95.0 Å². The zero-order valence-corrected chi connectivity index (χ0v) is 3.34. The second-order valence-electron chi connectivity index (χ2n) is 0.312. The summed E-state index contributed by atoms with van der Waals surface area (Å²) in [7, 11) is 0. The molecule has 0 aliphatic rings. The fourth-order valence-electron chi connectivity index (χ4n) is 0.0224. The van der Waals surface area contributed by atoms with Gasteiger partial charge in [-0.05, 0) is 0 Å².